The lowest BCUT2D eigenvalue weighted by Crippen LogP contribution is -2.25. The van der Waals surface area contributed by atoms with Crippen LogP contribution in [0.1, 0.15) is 29.0 Å². The third-order valence-corrected chi connectivity index (χ3v) is 4.88. The molecule has 0 radical (unpaired) electrons. The maximum absolute atomic E-state index is 13.7. The topological polar surface area (TPSA) is 72.7 Å². The zero-order valence-electron chi connectivity index (χ0n) is 14.9. The molecular formula is C18H20FN5OS. The van der Waals surface area contributed by atoms with Gasteiger partial charge >= 0.3 is 0 Å². The van der Waals surface area contributed by atoms with Gasteiger partial charge in [0.1, 0.15) is 17.5 Å². The van der Waals surface area contributed by atoms with Crippen molar-refractivity contribution in [3.05, 3.63) is 58.4 Å². The number of thiazole rings is 1. The highest BCUT2D eigenvalue weighted by molar-refractivity contribution is 7.15. The zero-order valence-corrected chi connectivity index (χ0v) is 15.7. The molecule has 3 aromatic rings. The van der Waals surface area contributed by atoms with E-state index < -0.39 is 0 Å². The van der Waals surface area contributed by atoms with Crippen molar-refractivity contribution in [3.8, 4) is 0 Å². The van der Waals surface area contributed by atoms with E-state index in [-0.39, 0.29) is 17.6 Å². The van der Waals surface area contributed by atoms with Crippen LogP contribution < -0.4 is 5.32 Å². The summed E-state index contributed by atoms with van der Waals surface area (Å²) in [6, 6.07) is 6.65. The lowest BCUT2D eigenvalue weighted by Gasteiger charge is -2.11. The highest BCUT2D eigenvalue weighted by atomic mass is 32.1. The monoisotopic (exact) mass is 373 g/mol. The summed E-state index contributed by atoms with van der Waals surface area (Å²) in [7, 11) is 0. The van der Waals surface area contributed by atoms with Gasteiger partial charge in [-0.15, -0.1) is 11.3 Å². The Labute approximate surface area is 155 Å². The third-order valence-electron chi connectivity index (χ3n) is 3.96. The smallest absolute Gasteiger partial charge is 0.230 e. The Morgan fingerprint density at radius 3 is 2.81 bits per heavy atom. The van der Waals surface area contributed by atoms with Crippen LogP contribution in [-0.4, -0.2) is 25.7 Å². The molecule has 1 N–H and O–H groups in total. The second-order valence-electron chi connectivity index (χ2n) is 6.18. The van der Waals surface area contributed by atoms with E-state index >= 15 is 0 Å². The first kappa shape index (κ1) is 18.2. The third kappa shape index (κ3) is 4.32. The maximum Gasteiger partial charge on any atom is 0.230 e. The number of carbonyl (C=O) groups excluding carboxylic acids is 1. The largest absolute Gasteiger partial charge is 0.302 e. The van der Waals surface area contributed by atoms with Gasteiger partial charge in [0.15, 0.2) is 5.13 Å². The minimum atomic E-state index is -0.284. The van der Waals surface area contributed by atoms with Crippen molar-refractivity contribution in [3.63, 3.8) is 0 Å². The van der Waals surface area contributed by atoms with Crippen molar-refractivity contribution < 1.29 is 9.18 Å². The molecule has 0 aliphatic heterocycles. The van der Waals surface area contributed by atoms with Gasteiger partial charge in [0, 0.05) is 17.5 Å². The molecule has 0 saturated heterocycles. The number of rotatable bonds is 6. The van der Waals surface area contributed by atoms with Crippen LogP contribution in [0, 0.1) is 25.6 Å². The van der Waals surface area contributed by atoms with E-state index in [0.717, 1.165) is 10.7 Å². The number of aromatic nitrogens is 4. The van der Waals surface area contributed by atoms with E-state index in [1.54, 1.807) is 29.1 Å². The van der Waals surface area contributed by atoms with Crippen LogP contribution >= 0.6 is 11.3 Å². The van der Waals surface area contributed by atoms with E-state index in [0.29, 0.717) is 29.5 Å². The highest BCUT2D eigenvalue weighted by Gasteiger charge is 2.17. The molecule has 0 fully saturated rings. The molecular weight excluding hydrogens is 353 g/mol. The first-order valence-electron chi connectivity index (χ1n) is 8.29. The van der Waals surface area contributed by atoms with Crippen LogP contribution in [0.25, 0.3) is 0 Å². The number of hydrogen-bond donors (Lipinski definition) is 1. The summed E-state index contributed by atoms with van der Waals surface area (Å²) >= 11 is 1.35. The molecule has 1 atom stereocenters. The number of nitrogens with zero attached hydrogens (tertiary/aromatic N) is 4. The van der Waals surface area contributed by atoms with Gasteiger partial charge in [-0.3, -0.25) is 4.79 Å². The summed E-state index contributed by atoms with van der Waals surface area (Å²) in [5.74, 6) is 0.813. The number of aryl methyl sites for hydroxylation is 2. The fourth-order valence-corrected chi connectivity index (χ4v) is 3.42. The fraction of sp³-hybridized carbons (Fsp3) is 0.333. The van der Waals surface area contributed by atoms with Crippen molar-refractivity contribution >= 4 is 22.4 Å². The van der Waals surface area contributed by atoms with Crippen LogP contribution in [0.2, 0.25) is 0 Å². The van der Waals surface area contributed by atoms with Gasteiger partial charge in [0.2, 0.25) is 5.91 Å². The first-order chi connectivity index (χ1) is 12.4. The van der Waals surface area contributed by atoms with Gasteiger partial charge in [-0.2, -0.15) is 5.10 Å². The first-order valence-corrected chi connectivity index (χ1v) is 9.11. The molecule has 8 heteroatoms. The van der Waals surface area contributed by atoms with Crippen LogP contribution in [0.4, 0.5) is 9.52 Å². The molecule has 1 amide bonds. The Morgan fingerprint density at radius 1 is 1.35 bits per heavy atom. The van der Waals surface area contributed by atoms with Gasteiger partial charge in [-0.05, 0) is 25.5 Å². The number of carbonyl (C=O) groups is 1. The number of amides is 1. The summed E-state index contributed by atoms with van der Waals surface area (Å²) in [5, 5.41) is 7.61. The Kier molecular flexibility index (Phi) is 5.41. The van der Waals surface area contributed by atoms with E-state index in [1.807, 2.05) is 20.8 Å². The van der Waals surface area contributed by atoms with Crippen molar-refractivity contribution in [1.82, 2.24) is 19.7 Å². The number of anilines is 1. The molecule has 6 nitrogen and oxygen atoms in total. The minimum absolute atomic E-state index is 0.135. The van der Waals surface area contributed by atoms with Gasteiger partial charge in [-0.25, -0.2) is 19.0 Å². The molecule has 2 heterocycles. The lowest BCUT2D eigenvalue weighted by molar-refractivity contribution is -0.119. The second kappa shape index (κ2) is 7.74. The molecule has 0 aliphatic carbocycles. The molecule has 0 unspecified atom stereocenters. The summed E-state index contributed by atoms with van der Waals surface area (Å²) < 4.78 is 15.5. The summed E-state index contributed by atoms with van der Waals surface area (Å²) in [6.07, 6.45) is 2.12. The SMILES string of the molecule is Cc1nc(C)n(C[C@H](C)C(=O)Nc2ncc(Cc3ccccc3F)s2)n1. The molecule has 26 heavy (non-hydrogen) atoms. The van der Waals surface area contributed by atoms with Crippen molar-refractivity contribution in [2.75, 3.05) is 5.32 Å². The maximum atomic E-state index is 13.7. The average Bonchev–Trinajstić information content (AvgIpc) is 3.15. The van der Waals surface area contributed by atoms with Crippen molar-refractivity contribution in [2.45, 2.75) is 33.7 Å². The molecule has 2 aromatic heterocycles. The normalized spacial score (nSPS) is 12.2. The number of benzene rings is 1. The van der Waals surface area contributed by atoms with Crippen LogP contribution in [0.5, 0.6) is 0 Å². The lowest BCUT2D eigenvalue weighted by atomic mass is 10.1. The van der Waals surface area contributed by atoms with Crippen LogP contribution in [0.15, 0.2) is 30.5 Å². The van der Waals surface area contributed by atoms with E-state index in [1.165, 1.54) is 17.4 Å². The molecule has 0 saturated carbocycles. The molecule has 1 aromatic carbocycles. The predicted octanol–water partition coefficient (Wildman–Crippen LogP) is 3.36. The van der Waals surface area contributed by atoms with E-state index in [4.69, 9.17) is 0 Å². The molecule has 0 aliphatic rings. The van der Waals surface area contributed by atoms with Crippen molar-refractivity contribution in [2.24, 2.45) is 5.92 Å². The molecule has 0 spiro atoms. The number of nitrogens with one attached hydrogen (secondary N) is 1. The van der Waals surface area contributed by atoms with Gasteiger partial charge < -0.3 is 5.32 Å². The summed E-state index contributed by atoms with van der Waals surface area (Å²) in [5.41, 5.74) is 0.611. The Hall–Kier alpha value is -2.61. The van der Waals surface area contributed by atoms with E-state index in [9.17, 15) is 9.18 Å². The van der Waals surface area contributed by atoms with Gasteiger partial charge in [0.25, 0.3) is 0 Å². The molecule has 136 valence electrons. The fourth-order valence-electron chi connectivity index (χ4n) is 2.58. The molecule has 3 rings (SSSR count). The Morgan fingerprint density at radius 2 is 2.12 bits per heavy atom. The standard InChI is InChI=1S/C18H20FN5OS/c1-11(10-24-13(3)21-12(2)23-24)17(25)22-18-20-9-15(26-18)8-14-6-4-5-7-16(14)19/h4-7,9,11H,8,10H2,1-3H3,(H,20,22,25)/t11-/m0/s1. The second-order valence-corrected chi connectivity index (χ2v) is 7.29. The van der Waals surface area contributed by atoms with Gasteiger partial charge in [-0.1, -0.05) is 25.1 Å². The minimum Gasteiger partial charge on any atom is -0.302 e. The quantitative estimate of drug-likeness (QED) is 0.719. The van der Waals surface area contributed by atoms with Crippen LogP contribution in [-0.2, 0) is 17.8 Å². The summed E-state index contributed by atoms with van der Waals surface area (Å²) in [4.78, 5) is 21.7. The number of halogens is 1. The Balaban J connectivity index is 1.60. The summed E-state index contributed by atoms with van der Waals surface area (Å²) in [6.45, 7) is 5.97. The molecule has 0 bridgehead atoms. The Bertz CT molecular complexity index is 920. The van der Waals surface area contributed by atoms with Gasteiger partial charge in [0.05, 0.1) is 12.5 Å². The predicted molar refractivity (Wildman–Crippen MR) is 98.6 cm³/mol. The van der Waals surface area contributed by atoms with E-state index in [2.05, 4.69) is 20.4 Å². The zero-order chi connectivity index (χ0) is 18.7. The average molecular weight is 373 g/mol. The highest BCUT2D eigenvalue weighted by Crippen LogP contribution is 2.23. The van der Waals surface area contributed by atoms with Crippen LogP contribution in [0.3, 0.4) is 0 Å². The number of hydrogen-bond acceptors (Lipinski definition) is 5. The van der Waals surface area contributed by atoms with Crippen molar-refractivity contribution in [1.29, 1.82) is 0 Å².